The van der Waals surface area contributed by atoms with Gasteiger partial charge in [-0.05, 0) is 74.4 Å². The molecule has 2 heterocycles. The highest BCUT2D eigenvalue weighted by Gasteiger charge is 2.21. The van der Waals surface area contributed by atoms with Gasteiger partial charge in [0, 0.05) is 24.3 Å². The number of anilines is 2. The molecular formula is C26H23FN4O2. The van der Waals surface area contributed by atoms with E-state index in [-0.39, 0.29) is 17.3 Å². The van der Waals surface area contributed by atoms with Crippen molar-refractivity contribution >= 4 is 28.4 Å². The quantitative estimate of drug-likeness (QED) is 0.498. The molecule has 1 aliphatic rings. The molecule has 0 atom stereocenters. The van der Waals surface area contributed by atoms with Crippen LogP contribution >= 0.6 is 0 Å². The Morgan fingerprint density at radius 2 is 1.67 bits per heavy atom. The second kappa shape index (κ2) is 8.50. The minimum atomic E-state index is -0.373. The molecule has 0 bridgehead atoms. The minimum absolute atomic E-state index is 0.170. The number of benzene rings is 3. The van der Waals surface area contributed by atoms with Gasteiger partial charge >= 0.3 is 0 Å². The Morgan fingerprint density at radius 1 is 0.970 bits per heavy atom. The lowest BCUT2D eigenvalue weighted by molar-refractivity contribution is 0.102. The molecule has 33 heavy (non-hydrogen) atoms. The first-order valence-electron chi connectivity index (χ1n) is 11.0. The van der Waals surface area contributed by atoms with E-state index >= 15 is 0 Å². The van der Waals surface area contributed by atoms with E-state index in [1.807, 2.05) is 31.2 Å². The first kappa shape index (κ1) is 20.9. The van der Waals surface area contributed by atoms with E-state index in [4.69, 9.17) is 4.98 Å². The second-order valence-electron chi connectivity index (χ2n) is 8.28. The lowest BCUT2D eigenvalue weighted by Crippen LogP contribution is -2.30. The third kappa shape index (κ3) is 4.09. The van der Waals surface area contributed by atoms with Crippen LogP contribution in [0.5, 0.6) is 0 Å². The molecule has 0 aliphatic carbocycles. The maximum absolute atomic E-state index is 13.6. The molecule has 0 spiro atoms. The highest BCUT2D eigenvalue weighted by Crippen LogP contribution is 2.24. The topological polar surface area (TPSA) is 67.2 Å². The summed E-state index contributed by atoms with van der Waals surface area (Å²) in [5.41, 5.74) is 3.04. The fourth-order valence-electron chi connectivity index (χ4n) is 4.11. The van der Waals surface area contributed by atoms with E-state index in [0.29, 0.717) is 28.1 Å². The van der Waals surface area contributed by atoms with Gasteiger partial charge in [-0.3, -0.25) is 9.59 Å². The molecule has 1 amide bonds. The largest absolute Gasteiger partial charge is 0.342 e. The molecule has 5 rings (SSSR count). The summed E-state index contributed by atoms with van der Waals surface area (Å²) in [7, 11) is 0. The Kier molecular flexibility index (Phi) is 5.38. The number of halogens is 1. The Morgan fingerprint density at radius 3 is 2.36 bits per heavy atom. The van der Waals surface area contributed by atoms with Crippen LogP contribution in [-0.4, -0.2) is 28.5 Å². The van der Waals surface area contributed by atoms with Crippen molar-refractivity contribution in [3.63, 3.8) is 0 Å². The van der Waals surface area contributed by atoms with Crippen molar-refractivity contribution < 1.29 is 9.18 Å². The highest BCUT2D eigenvalue weighted by atomic mass is 19.1. The number of rotatable bonds is 4. The number of carbonyl (C=O) groups excluding carboxylic acids is 1. The summed E-state index contributed by atoms with van der Waals surface area (Å²) in [5.74, 6) is -0.136. The Bertz CT molecular complexity index is 1390. The van der Waals surface area contributed by atoms with Gasteiger partial charge in [-0.15, -0.1) is 0 Å². The molecule has 1 aliphatic heterocycles. The van der Waals surface area contributed by atoms with E-state index in [0.717, 1.165) is 37.2 Å². The third-order valence-electron chi connectivity index (χ3n) is 5.90. The molecular weight excluding hydrogens is 419 g/mol. The Balaban J connectivity index is 1.59. The molecule has 1 aromatic heterocycles. The Labute approximate surface area is 190 Å². The molecule has 7 heteroatoms. The minimum Gasteiger partial charge on any atom is -0.342 e. The number of nitrogens with zero attached hydrogens (tertiary/aromatic N) is 3. The summed E-state index contributed by atoms with van der Waals surface area (Å²) in [4.78, 5) is 33.3. The van der Waals surface area contributed by atoms with Crippen LogP contribution < -0.4 is 15.8 Å². The predicted octanol–water partition coefficient (Wildman–Crippen LogP) is 4.69. The van der Waals surface area contributed by atoms with Gasteiger partial charge in [0.05, 0.1) is 16.6 Å². The van der Waals surface area contributed by atoms with Gasteiger partial charge in [0.2, 0.25) is 5.95 Å². The van der Waals surface area contributed by atoms with E-state index in [9.17, 15) is 14.0 Å². The highest BCUT2D eigenvalue weighted by molar-refractivity contribution is 6.06. The zero-order valence-electron chi connectivity index (χ0n) is 18.2. The normalized spacial score (nSPS) is 13.5. The molecule has 6 nitrogen and oxygen atoms in total. The maximum atomic E-state index is 13.6. The number of amides is 1. The number of carbonyl (C=O) groups is 1. The van der Waals surface area contributed by atoms with Crippen LogP contribution in [0.4, 0.5) is 16.0 Å². The lowest BCUT2D eigenvalue weighted by Gasteiger charge is -2.22. The molecule has 1 fully saturated rings. The molecule has 1 saturated heterocycles. The summed E-state index contributed by atoms with van der Waals surface area (Å²) in [6.45, 7) is 3.66. The number of aryl methyl sites for hydroxylation is 1. The van der Waals surface area contributed by atoms with Gasteiger partial charge in [0.15, 0.2) is 0 Å². The standard InChI is InChI=1S/C26H23FN4O2/c1-17-4-11-21(12-5-17)31-25(33)22-13-6-18(24(32)28-20-9-7-19(27)8-10-20)16-23(22)29-26(31)30-14-2-3-15-30/h4-13,16H,2-3,14-15H2,1H3,(H,28,32). The summed E-state index contributed by atoms with van der Waals surface area (Å²) < 4.78 is 14.8. The van der Waals surface area contributed by atoms with Gasteiger partial charge in [0.1, 0.15) is 5.82 Å². The first-order valence-corrected chi connectivity index (χ1v) is 11.0. The average Bonchev–Trinajstić information content (AvgIpc) is 3.36. The number of nitrogens with one attached hydrogen (secondary N) is 1. The summed E-state index contributed by atoms with van der Waals surface area (Å²) in [6.07, 6.45) is 2.09. The monoisotopic (exact) mass is 442 g/mol. The number of fused-ring (bicyclic) bond motifs is 1. The Hall–Kier alpha value is -4.00. The van der Waals surface area contributed by atoms with Crippen molar-refractivity contribution in [3.8, 4) is 5.69 Å². The molecule has 0 unspecified atom stereocenters. The number of hydrogen-bond acceptors (Lipinski definition) is 4. The van der Waals surface area contributed by atoms with Crippen LogP contribution in [0.15, 0.2) is 71.5 Å². The average molecular weight is 442 g/mol. The zero-order valence-corrected chi connectivity index (χ0v) is 18.2. The van der Waals surface area contributed by atoms with E-state index in [1.165, 1.54) is 24.3 Å². The zero-order chi connectivity index (χ0) is 22.9. The maximum Gasteiger partial charge on any atom is 0.267 e. The van der Waals surface area contributed by atoms with Crippen molar-refractivity contribution in [2.75, 3.05) is 23.3 Å². The van der Waals surface area contributed by atoms with Gasteiger partial charge in [0.25, 0.3) is 11.5 Å². The van der Waals surface area contributed by atoms with Crippen molar-refractivity contribution in [3.05, 3.63) is 94.0 Å². The predicted molar refractivity (Wildman–Crippen MR) is 128 cm³/mol. The van der Waals surface area contributed by atoms with E-state index in [1.54, 1.807) is 22.8 Å². The fourth-order valence-corrected chi connectivity index (χ4v) is 4.11. The molecule has 166 valence electrons. The first-order chi connectivity index (χ1) is 16.0. The van der Waals surface area contributed by atoms with Crippen LogP contribution in [0, 0.1) is 12.7 Å². The smallest absolute Gasteiger partial charge is 0.267 e. The summed E-state index contributed by atoms with van der Waals surface area (Å²) in [5, 5.41) is 3.19. The van der Waals surface area contributed by atoms with Crippen LogP contribution in [0.2, 0.25) is 0 Å². The SMILES string of the molecule is Cc1ccc(-n2c(N3CCCC3)nc3cc(C(=O)Nc4ccc(F)cc4)ccc3c2=O)cc1. The van der Waals surface area contributed by atoms with Gasteiger partial charge < -0.3 is 10.2 Å². The number of hydrogen-bond donors (Lipinski definition) is 1. The van der Waals surface area contributed by atoms with E-state index in [2.05, 4.69) is 10.2 Å². The second-order valence-corrected chi connectivity index (χ2v) is 8.28. The van der Waals surface area contributed by atoms with Gasteiger partial charge in [-0.25, -0.2) is 13.9 Å². The molecule has 0 saturated carbocycles. The number of aromatic nitrogens is 2. The van der Waals surface area contributed by atoms with Crippen molar-refractivity contribution in [2.45, 2.75) is 19.8 Å². The molecule has 0 radical (unpaired) electrons. The molecule has 4 aromatic rings. The van der Waals surface area contributed by atoms with Crippen LogP contribution in [0.3, 0.4) is 0 Å². The van der Waals surface area contributed by atoms with E-state index < -0.39 is 0 Å². The van der Waals surface area contributed by atoms with Gasteiger partial charge in [-0.2, -0.15) is 0 Å². The summed E-state index contributed by atoms with van der Waals surface area (Å²) in [6, 6.07) is 18.3. The van der Waals surface area contributed by atoms with Crippen LogP contribution in [-0.2, 0) is 0 Å². The third-order valence-corrected chi connectivity index (χ3v) is 5.90. The summed E-state index contributed by atoms with van der Waals surface area (Å²) >= 11 is 0. The molecule has 3 aromatic carbocycles. The van der Waals surface area contributed by atoms with Crippen molar-refractivity contribution in [1.82, 2.24) is 9.55 Å². The van der Waals surface area contributed by atoms with Crippen LogP contribution in [0.1, 0.15) is 28.8 Å². The van der Waals surface area contributed by atoms with Crippen molar-refractivity contribution in [2.24, 2.45) is 0 Å². The fraction of sp³-hybridized carbons (Fsp3) is 0.192. The lowest BCUT2D eigenvalue weighted by atomic mass is 10.1. The molecule has 1 N–H and O–H groups in total. The van der Waals surface area contributed by atoms with Crippen molar-refractivity contribution in [1.29, 1.82) is 0 Å². The van der Waals surface area contributed by atoms with Gasteiger partial charge in [-0.1, -0.05) is 17.7 Å². The van der Waals surface area contributed by atoms with Crippen LogP contribution in [0.25, 0.3) is 16.6 Å².